The number of hydrogen-bond donors (Lipinski definition) is 1. The second kappa shape index (κ2) is 4.41. The molecule has 17 heavy (non-hydrogen) atoms. The standard InChI is InChI=1S/C14H18O3/c1-14(2,3)13(15)7-5-10-4-6-11-12(8-10)17-9-16-11/h4-8,13,15H,9H2,1-3H3/b7-5+/i4D,5D,6D,7D,8D,9D2. The highest BCUT2D eigenvalue weighted by Gasteiger charge is 2.19. The third kappa shape index (κ3) is 2.80. The number of rotatable bonds is 2. The largest absolute Gasteiger partial charge is 0.454 e. The molecule has 0 spiro atoms. The van der Waals surface area contributed by atoms with Gasteiger partial charge in [-0.1, -0.05) is 38.9 Å². The fourth-order valence-electron chi connectivity index (χ4n) is 1.05. The molecule has 1 atom stereocenters. The molecule has 1 N–H and O–H groups in total. The van der Waals surface area contributed by atoms with Gasteiger partial charge in [-0.25, -0.2) is 0 Å². The number of hydrogen-bond acceptors (Lipinski definition) is 3. The van der Waals surface area contributed by atoms with Gasteiger partial charge in [-0.2, -0.15) is 0 Å². The minimum absolute atomic E-state index is 0.380. The highest BCUT2D eigenvalue weighted by Crippen LogP contribution is 2.33. The molecule has 1 heterocycles. The van der Waals surface area contributed by atoms with E-state index < -0.39 is 54.2 Å². The maximum absolute atomic E-state index is 10.2. The minimum Gasteiger partial charge on any atom is -0.454 e. The Labute approximate surface area is 112 Å². The Balaban J connectivity index is 2.68. The third-order valence-corrected chi connectivity index (χ3v) is 2.19. The number of fused-ring (bicyclic) bond motifs is 1. The van der Waals surface area contributed by atoms with E-state index in [9.17, 15) is 5.11 Å². The van der Waals surface area contributed by atoms with Crippen LogP contribution in [0.3, 0.4) is 0 Å². The topological polar surface area (TPSA) is 38.7 Å². The Kier molecular flexibility index (Phi) is 1.54. The fourth-order valence-corrected chi connectivity index (χ4v) is 1.05. The molecule has 0 radical (unpaired) electrons. The maximum atomic E-state index is 10.2. The van der Waals surface area contributed by atoms with Crippen LogP contribution in [0.4, 0.5) is 0 Å². The van der Waals surface area contributed by atoms with Crippen LogP contribution in [-0.4, -0.2) is 18.0 Å². The molecule has 92 valence electrons. The zero-order chi connectivity index (χ0) is 18.6. The zero-order valence-electron chi connectivity index (χ0n) is 16.8. The van der Waals surface area contributed by atoms with E-state index in [-0.39, 0.29) is 11.3 Å². The van der Waals surface area contributed by atoms with Crippen molar-refractivity contribution >= 4 is 6.05 Å². The molecule has 3 nitrogen and oxygen atoms in total. The van der Waals surface area contributed by atoms with Gasteiger partial charge in [0.25, 0.3) is 0 Å². The van der Waals surface area contributed by atoms with Gasteiger partial charge in [0.2, 0.25) is 6.75 Å². The van der Waals surface area contributed by atoms with Gasteiger partial charge in [0.15, 0.2) is 11.5 Å². The Morgan fingerprint density at radius 3 is 2.88 bits per heavy atom. The van der Waals surface area contributed by atoms with E-state index in [0.717, 1.165) is 0 Å². The summed E-state index contributed by atoms with van der Waals surface area (Å²) in [6.07, 6.45) is -1.31. The van der Waals surface area contributed by atoms with E-state index in [1.54, 1.807) is 20.8 Å². The number of aliphatic hydroxyl groups is 1. The lowest BCUT2D eigenvalue weighted by molar-refractivity contribution is 0.106. The van der Waals surface area contributed by atoms with Crippen molar-refractivity contribution in [2.45, 2.75) is 26.9 Å². The van der Waals surface area contributed by atoms with Crippen LogP contribution in [0, 0.1) is 5.41 Å². The Bertz CT molecular complexity index is 722. The van der Waals surface area contributed by atoms with E-state index >= 15 is 0 Å². The molecule has 0 fully saturated rings. The highest BCUT2D eigenvalue weighted by atomic mass is 16.7. The number of aliphatic hydroxyl groups excluding tert-OH is 1. The van der Waals surface area contributed by atoms with Crippen LogP contribution in [0.5, 0.6) is 11.5 Å². The summed E-state index contributed by atoms with van der Waals surface area (Å²) in [7, 11) is 0. The van der Waals surface area contributed by atoms with Crippen molar-refractivity contribution in [3.8, 4) is 11.5 Å². The second-order valence-electron chi connectivity index (χ2n) is 4.73. The van der Waals surface area contributed by atoms with E-state index in [4.69, 9.17) is 19.1 Å². The third-order valence-electron chi connectivity index (χ3n) is 2.19. The van der Waals surface area contributed by atoms with E-state index in [0.29, 0.717) is 0 Å². The summed E-state index contributed by atoms with van der Waals surface area (Å²) in [6.45, 7) is 2.45. The molecule has 0 bridgehead atoms. The SMILES string of the molecule is [2H]/C(=C(/[2H])C(O)C(C)(C)C)c1c([2H])c([2H])c2c(c1[2H])OC([2H])([2H])O2. The number of ether oxygens (including phenoxy) is 2. The van der Waals surface area contributed by atoms with Crippen LogP contribution >= 0.6 is 0 Å². The lowest BCUT2D eigenvalue weighted by Crippen LogP contribution is -2.23. The van der Waals surface area contributed by atoms with Crippen LogP contribution in [-0.2, 0) is 0 Å². The molecule has 0 amide bonds. The molecule has 1 unspecified atom stereocenters. The van der Waals surface area contributed by atoms with Crippen molar-refractivity contribution < 1.29 is 24.2 Å². The first kappa shape index (κ1) is 5.91. The molecular formula is C14H18O3. The lowest BCUT2D eigenvalue weighted by Gasteiger charge is -2.22. The van der Waals surface area contributed by atoms with Crippen molar-refractivity contribution in [3.63, 3.8) is 0 Å². The predicted octanol–water partition coefficient (Wildman–Crippen LogP) is 2.84. The molecule has 1 aliphatic rings. The summed E-state index contributed by atoms with van der Waals surface area (Å²) in [5, 5.41) is 10.2. The molecule has 0 aliphatic carbocycles. The minimum atomic E-state index is -2.57. The Morgan fingerprint density at radius 1 is 1.47 bits per heavy atom. The first-order valence-corrected chi connectivity index (χ1v) is 5.15. The molecule has 1 aromatic carbocycles. The molecule has 1 aliphatic heterocycles. The van der Waals surface area contributed by atoms with Gasteiger partial charge in [-0.05, 0) is 23.1 Å². The van der Waals surface area contributed by atoms with E-state index in [1.807, 2.05) is 0 Å². The van der Waals surface area contributed by atoms with Crippen molar-refractivity contribution in [1.29, 1.82) is 0 Å². The van der Waals surface area contributed by atoms with Crippen molar-refractivity contribution in [3.05, 3.63) is 29.7 Å². The van der Waals surface area contributed by atoms with Crippen LogP contribution in [0.15, 0.2) is 24.2 Å². The first-order chi connectivity index (χ1) is 10.8. The molecule has 1 aromatic rings. The van der Waals surface area contributed by atoms with E-state index in [1.165, 1.54) is 0 Å². The quantitative estimate of drug-likeness (QED) is 0.865. The van der Waals surface area contributed by atoms with Crippen molar-refractivity contribution in [1.82, 2.24) is 0 Å². The van der Waals surface area contributed by atoms with Crippen molar-refractivity contribution in [2.24, 2.45) is 5.41 Å². The van der Waals surface area contributed by atoms with Gasteiger partial charge in [-0.3, -0.25) is 0 Å². The van der Waals surface area contributed by atoms with Gasteiger partial charge in [0.05, 0.1) is 13.0 Å². The summed E-state index contributed by atoms with van der Waals surface area (Å²) < 4.78 is 64.4. The predicted molar refractivity (Wildman–Crippen MR) is 67.1 cm³/mol. The Morgan fingerprint density at radius 2 is 2.18 bits per heavy atom. The molecule has 0 saturated carbocycles. The molecular weight excluding hydrogens is 216 g/mol. The summed E-state index contributed by atoms with van der Waals surface area (Å²) in [5.74, 6) is -0.770. The normalized spacial score (nSPS) is 26.5. The fraction of sp³-hybridized carbons (Fsp3) is 0.429. The van der Waals surface area contributed by atoms with E-state index in [2.05, 4.69) is 0 Å². The monoisotopic (exact) mass is 241 g/mol. The zero-order valence-corrected chi connectivity index (χ0v) is 9.84. The van der Waals surface area contributed by atoms with Gasteiger partial charge < -0.3 is 14.6 Å². The average molecular weight is 241 g/mol. The van der Waals surface area contributed by atoms with Gasteiger partial charge in [0, 0.05) is 0 Å². The summed E-state index contributed by atoms with van der Waals surface area (Å²) in [6, 6.07) is -2.70. The lowest BCUT2D eigenvalue weighted by atomic mass is 9.89. The summed E-state index contributed by atoms with van der Waals surface area (Å²) in [5.41, 5.74) is -1.11. The van der Waals surface area contributed by atoms with Crippen LogP contribution in [0.1, 0.15) is 35.9 Å². The van der Waals surface area contributed by atoms with Gasteiger partial charge >= 0.3 is 0 Å². The van der Waals surface area contributed by atoms with Crippen LogP contribution < -0.4 is 9.47 Å². The molecule has 3 heteroatoms. The summed E-state index contributed by atoms with van der Waals surface area (Å²) >= 11 is 0. The molecule has 0 saturated heterocycles. The maximum Gasteiger partial charge on any atom is 0.231 e. The molecule has 2 rings (SSSR count). The average Bonchev–Trinajstić information content (AvgIpc) is 2.78. The smallest absolute Gasteiger partial charge is 0.231 e. The van der Waals surface area contributed by atoms with Crippen molar-refractivity contribution in [2.75, 3.05) is 6.75 Å². The second-order valence-corrected chi connectivity index (χ2v) is 4.73. The molecule has 0 aromatic heterocycles. The van der Waals surface area contributed by atoms with Crippen LogP contribution in [0.2, 0.25) is 0 Å². The van der Waals surface area contributed by atoms with Gasteiger partial charge in [0.1, 0.15) is 2.74 Å². The highest BCUT2D eigenvalue weighted by molar-refractivity contribution is 5.56. The summed E-state index contributed by atoms with van der Waals surface area (Å²) in [4.78, 5) is 0. The first-order valence-electron chi connectivity index (χ1n) is 8.65. The Hall–Kier alpha value is -1.48. The number of benzene rings is 1. The van der Waals surface area contributed by atoms with Gasteiger partial charge in [-0.15, -0.1) is 0 Å². The van der Waals surface area contributed by atoms with Crippen LogP contribution in [0.25, 0.3) is 6.05 Å².